The predicted molar refractivity (Wildman–Crippen MR) is 132 cm³/mol. The Kier molecular flexibility index (Phi) is 10.1. The summed E-state index contributed by atoms with van der Waals surface area (Å²) in [6.45, 7) is 7.20. The molecule has 0 bridgehead atoms. The number of amides is 1. The van der Waals surface area contributed by atoms with E-state index in [2.05, 4.69) is 17.6 Å². The van der Waals surface area contributed by atoms with Gasteiger partial charge in [-0.25, -0.2) is 8.42 Å². The third-order valence-electron chi connectivity index (χ3n) is 4.82. The standard InChI is InChI=1S/C23H31N3O4S2/c1-4-7-8-17-30-20-13-9-18(10-14-20)22(27)25-23(31)24-19-11-15-21(16-12-19)32(28,29)26(5-2)6-3/h9-16H,4-8,17H2,1-3H3,(H2,24,25,27,31). The van der Waals surface area contributed by atoms with Crippen LogP contribution in [-0.4, -0.2) is 43.4 Å². The summed E-state index contributed by atoms with van der Waals surface area (Å²) in [5.74, 6) is 0.374. The summed E-state index contributed by atoms with van der Waals surface area (Å²) >= 11 is 5.21. The number of benzene rings is 2. The third-order valence-corrected chi connectivity index (χ3v) is 7.08. The van der Waals surface area contributed by atoms with Gasteiger partial charge in [-0.15, -0.1) is 0 Å². The number of carbonyl (C=O) groups is 1. The molecular formula is C23H31N3O4S2. The summed E-state index contributed by atoms with van der Waals surface area (Å²) in [4.78, 5) is 12.6. The van der Waals surface area contributed by atoms with E-state index in [9.17, 15) is 13.2 Å². The fraction of sp³-hybridized carbons (Fsp3) is 0.391. The average molecular weight is 478 g/mol. The molecule has 0 atom stereocenters. The molecule has 0 fully saturated rings. The van der Waals surface area contributed by atoms with Gasteiger partial charge in [0.15, 0.2) is 5.11 Å². The number of hydrogen-bond donors (Lipinski definition) is 2. The number of thiocarbonyl (C=S) groups is 1. The van der Waals surface area contributed by atoms with Gasteiger partial charge in [-0.05, 0) is 67.2 Å². The number of nitrogens with one attached hydrogen (secondary N) is 2. The molecule has 0 saturated carbocycles. The first kappa shape index (κ1) is 25.8. The normalized spacial score (nSPS) is 11.2. The van der Waals surface area contributed by atoms with Gasteiger partial charge in [0.1, 0.15) is 5.75 Å². The van der Waals surface area contributed by atoms with Gasteiger partial charge in [0, 0.05) is 24.3 Å². The monoisotopic (exact) mass is 477 g/mol. The van der Waals surface area contributed by atoms with Gasteiger partial charge in [-0.3, -0.25) is 10.1 Å². The quantitative estimate of drug-likeness (QED) is 0.368. The molecule has 32 heavy (non-hydrogen) atoms. The van der Waals surface area contributed by atoms with Crippen LogP contribution in [-0.2, 0) is 10.0 Å². The van der Waals surface area contributed by atoms with Crippen LogP contribution >= 0.6 is 12.2 Å². The number of sulfonamides is 1. The number of rotatable bonds is 11. The topological polar surface area (TPSA) is 87.7 Å². The third kappa shape index (κ3) is 7.29. The lowest BCUT2D eigenvalue weighted by atomic mass is 10.2. The van der Waals surface area contributed by atoms with Crippen LogP contribution in [0.2, 0.25) is 0 Å². The molecule has 0 radical (unpaired) electrons. The van der Waals surface area contributed by atoms with E-state index >= 15 is 0 Å². The van der Waals surface area contributed by atoms with Crippen molar-refractivity contribution in [1.82, 2.24) is 9.62 Å². The van der Waals surface area contributed by atoms with E-state index in [-0.39, 0.29) is 15.9 Å². The van der Waals surface area contributed by atoms with Crippen LogP contribution in [0.25, 0.3) is 0 Å². The maximum absolute atomic E-state index is 12.6. The smallest absolute Gasteiger partial charge is 0.257 e. The number of carbonyl (C=O) groups excluding carboxylic acids is 1. The zero-order valence-electron chi connectivity index (χ0n) is 18.8. The van der Waals surface area contributed by atoms with Crippen molar-refractivity contribution in [3.63, 3.8) is 0 Å². The van der Waals surface area contributed by atoms with Crippen molar-refractivity contribution >= 4 is 38.9 Å². The van der Waals surface area contributed by atoms with Gasteiger partial charge < -0.3 is 10.1 Å². The number of nitrogens with zero attached hydrogens (tertiary/aromatic N) is 1. The fourth-order valence-electron chi connectivity index (χ4n) is 3.01. The fourth-order valence-corrected chi connectivity index (χ4v) is 4.67. The van der Waals surface area contributed by atoms with Crippen molar-refractivity contribution in [3.05, 3.63) is 54.1 Å². The number of unbranched alkanes of at least 4 members (excludes halogenated alkanes) is 2. The van der Waals surface area contributed by atoms with Crippen LogP contribution in [0.1, 0.15) is 50.4 Å². The lowest BCUT2D eigenvalue weighted by Gasteiger charge is -2.18. The Bertz CT molecular complexity index is 987. The minimum Gasteiger partial charge on any atom is -0.494 e. The highest BCUT2D eigenvalue weighted by atomic mass is 32.2. The van der Waals surface area contributed by atoms with E-state index in [0.29, 0.717) is 30.9 Å². The Labute approximate surface area is 196 Å². The molecule has 0 aliphatic carbocycles. The van der Waals surface area contributed by atoms with Gasteiger partial charge in [0.25, 0.3) is 5.91 Å². The lowest BCUT2D eigenvalue weighted by molar-refractivity contribution is 0.0977. The van der Waals surface area contributed by atoms with Crippen LogP contribution in [0, 0.1) is 0 Å². The maximum atomic E-state index is 12.6. The van der Waals surface area contributed by atoms with Crippen LogP contribution < -0.4 is 15.4 Å². The molecule has 2 aromatic carbocycles. The summed E-state index contributed by atoms with van der Waals surface area (Å²) in [5, 5.41) is 5.64. The second-order valence-corrected chi connectivity index (χ2v) is 9.45. The molecule has 9 heteroatoms. The van der Waals surface area contributed by atoms with Crippen LogP contribution in [0.15, 0.2) is 53.4 Å². The van der Waals surface area contributed by atoms with E-state index in [1.807, 2.05) is 0 Å². The van der Waals surface area contributed by atoms with Gasteiger partial charge in [0.05, 0.1) is 11.5 Å². The SMILES string of the molecule is CCCCCOc1ccc(C(=O)NC(=S)Nc2ccc(S(=O)(=O)N(CC)CC)cc2)cc1. The Morgan fingerprint density at radius 2 is 1.59 bits per heavy atom. The first-order valence-electron chi connectivity index (χ1n) is 10.8. The van der Waals surface area contributed by atoms with E-state index in [0.717, 1.165) is 25.0 Å². The first-order chi connectivity index (χ1) is 15.3. The molecule has 1 amide bonds. The molecule has 0 spiro atoms. The van der Waals surface area contributed by atoms with Crippen LogP contribution in [0.5, 0.6) is 5.75 Å². The molecule has 7 nitrogen and oxygen atoms in total. The number of hydrogen-bond acceptors (Lipinski definition) is 5. The maximum Gasteiger partial charge on any atom is 0.257 e. The largest absolute Gasteiger partial charge is 0.494 e. The second-order valence-electron chi connectivity index (χ2n) is 7.10. The molecule has 2 N–H and O–H groups in total. The molecule has 0 aromatic heterocycles. The summed E-state index contributed by atoms with van der Waals surface area (Å²) in [6.07, 6.45) is 3.26. The first-order valence-corrected chi connectivity index (χ1v) is 12.6. The second kappa shape index (κ2) is 12.5. The Morgan fingerprint density at radius 1 is 0.969 bits per heavy atom. The summed E-state index contributed by atoms with van der Waals surface area (Å²) in [6, 6.07) is 13.1. The van der Waals surface area contributed by atoms with Gasteiger partial charge in [0.2, 0.25) is 10.0 Å². The molecular weight excluding hydrogens is 446 g/mol. The van der Waals surface area contributed by atoms with E-state index in [4.69, 9.17) is 17.0 Å². The lowest BCUT2D eigenvalue weighted by Crippen LogP contribution is -2.34. The predicted octanol–water partition coefficient (Wildman–Crippen LogP) is 4.41. The van der Waals surface area contributed by atoms with Crippen molar-refractivity contribution in [2.45, 2.75) is 44.9 Å². The van der Waals surface area contributed by atoms with Gasteiger partial charge in [-0.2, -0.15) is 4.31 Å². The van der Waals surface area contributed by atoms with Crippen molar-refractivity contribution < 1.29 is 17.9 Å². The molecule has 0 aliphatic heterocycles. The average Bonchev–Trinajstić information content (AvgIpc) is 2.78. The summed E-state index contributed by atoms with van der Waals surface area (Å²) in [5.41, 5.74) is 1.03. The van der Waals surface area contributed by atoms with Crippen LogP contribution in [0.3, 0.4) is 0 Å². The van der Waals surface area contributed by atoms with Gasteiger partial charge in [-0.1, -0.05) is 33.6 Å². The van der Waals surface area contributed by atoms with Crippen molar-refractivity contribution in [2.24, 2.45) is 0 Å². The highest BCUT2D eigenvalue weighted by Crippen LogP contribution is 2.18. The molecule has 2 rings (SSSR count). The zero-order chi connectivity index (χ0) is 23.6. The Morgan fingerprint density at radius 3 is 2.16 bits per heavy atom. The summed E-state index contributed by atoms with van der Waals surface area (Å²) < 4.78 is 32.2. The molecule has 2 aromatic rings. The van der Waals surface area contributed by atoms with E-state index in [1.165, 1.54) is 16.4 Å². The van der Waals surface area contributed by atoms with Crippen molar-refractivity contribution in [1.29, 1.82) is 0 Å². The molecule has 0 heterocycles. The van der Waals surface area contributed by atoms with Crippen molar-refractivity contribution in [2.75, 3.05) is 25.0 Å². The Hall–Kier alpha value is -2.49. The zero-order valence-corrected chi connectivity index (χ0v) is 20.4. The minimum absolute atomic E-state index is 0.120. The molecule has 0 saturated heterocycles. The van der Waals surface area contributed by atoms with Crippen molar-refractivity contribution in [3.8, 4) is 5.75 Å². The highest BCUT2D eigenvalue weighted by molar-refractivity contribution is 7.89. The summed E-state index contributed by atoms with van der Waals surface area (Å²) in [7, 11) is -3.52. The van der Waals surface area contributed by atoms with Crippen LogP contribution in [0.4, 0.5) is 5.69 Å². The molecule has 174 valence electrons. The van der Waals surface area contributed by atoms with E-state index < -0.39 is 10.0 Å². The number of ether oxygens (including phenoxy) is 1. The number of anilines is 1. The molecule has 0 aliphatic rings. The highest BCUT2D eigenvalue weighted by Gasteiger charge is 2.21. The van der Waals surface area contributed by atoms with Gasteiger partial charge >= 0.3 is 0 Å². The molecule has 0 unspecified atom stereocenters. The minimum atomic E-state index is -3.52. The van der Waals surface area contributed by atoms with E-state index in [1.54, 1.807) is 50.2 Å². The Balaban J connectivity index is 1.91.